The minimum Gasteiger partial charge on any atom is -0.491 e. The van der Waals surface area contributed by atoms with Crippen molar-refractivity contribution in [3.8, 4) is 11.8 Å². The Morgan fingerprint density at radius 3 is 2.55 bits per heavy atom. The third kappa shape index (κ3) is 3.81. The van der Waals surface area contributed by atoms with Crippen LogP contribution in [0.25, 0.3) is 0 Å². The molecule has 1 heterocycles. The number of hydrogen-bond acceptors (Lipinski definition) is 5. The Balaban J connectivity index is 1.95. The van der Waals surface area contributed by atoms with Crippen LogP contribution in [0.4, 0.5) is 10.2 Å². The first-order valence-corrected chi connectivity index (χ1v) is 6.21. The van der Waals surface area contributed by atoms with E-state index in [0.717, 1.165) is 17.5 Å². The highest BCUT2D eigenvalue weighted by Gasteiger charge is 2.05. The third-order valence-corrected chi connectivity index (χ3v) is 2.41. The fraction of sp³-hybridized carbons (Fsp3) is 0.286. The lowest BCUT2D eigenvalue weighted by Crippen LogP contribution is -2.06. The zero-order valence-electron chi connectivity index (χ0n) is 11.3. The molecule has 0 radical (unpaired) electrons. The fourth-order valence-corrected chi connectivity index (χ4v) is 1.52. The number of anilines is 1. The van der Waals surface area contributed by atoms with Crippen molar-refractivity contribution < 1.29 is 13.9 Å². The number of nitrogens with zero attached hydrogens (tertiary/aromatic N) is 2. The molecule has 0 saturated carbocycles. The molecule has 5 nitrogen and oxygen atoms in total. The topological polar surface area (TPSA) is 70.3 Å². The average Bonchev–Trinajstić information content (AvgIpc) is 2.41. The number of aromatic nitrogens is 2. The summed E-state index contributed by atoms with van der Waals surface area (Å²) in [7, 11) is 0. The van der Waals surface area contributed by atoms with Gasteiger partial charge in [0.2, 0.25) is 0 Å². The lowest BCUT2D eigenvalue weighted by molar-refractivity contribution is 0.242. The van der Waals surface area contributed by atoms with Gasteiger partial charge in [0.05, 0.1) is 12.3 Å². The van der Waals surface area contributed by atoms with Crippen LogP contribution in [-0.2, 0) is 6.61 Å². The van der Waals surface area contributed by atoms with Gasteiger partial charge in [-0.3, -0.25) is 0 Å². The molecule has 0 aliphatic carbocycles. The van der Waals surface area contributed by atoms with Gasteiger partial charge in [-0.15, -0.1) is 0 Å². The Hall–Kier alpha value is -2.37. The van der Waals surface area contributed by atoms with Crippen molar-refractivity contribution >= 4 is 5.82 Å². The predicted molar refractivity (Wildman–Crippen MR) is 72.9 cm³/mol. The van der Waals surface area contributed by atoms with Gasteiger partial charge in [0.15, 0.2) is 11.6 Å². The van der Waals surface area contributed by atoms with Gasteiger partial charge in [-0.25, -0.2) is 9.37 Å². The first-order chi connectivity index (χ1) is 9.54. The summed E-state index contributed by atoms with van der Waals surface area (Å²) in [4.78, 5) is 7.39. The van der Waals surface area contributed by atoms with Crippen LogP contribution in [0.5, 0.6) is 11.8 Å². The zero-order chi connectivity index (χ0) is 14.5. The maximum Gasteiger partial charge on any atom is 0.318 e. The number of rotatable bonds is 5. The normalized spacial score (nSPS) is 10.6. The smallest absolute Gasteiger partial charge is 0.318 e. The largest absolute Gasteiger partial charge is 0.491 e. The van der Waals surface area contributed by atoms with E-state index < -0.39 is 5.82 Å². The Morgan fingerprint density at radius 1 is 1.25 bits per heavy atom. The van der Waals surface area contributed by atoms with Crippen molar-refractivity contribution in [1.82, 2.24) is 9.97 Å². The molecule has 6 heteroatoms. The van der Waals surface area contributed by atoms with Crippen molar-refractivity contribution in [2.24, 2.45) is 0 Å². The number of benzene rings is 1. The van der Waals surface area contributed by atoms with Gasteiger partial charge < -0.3 is 15.2 Å². The van der Waals surface area contributed by atoms with Crippen molar-refractivity contribution in [2.75, 3.05) is 5.73 Å². The van der Waals surface area contributed by atoms with Crippen LogP contribution < -0.4 is 15.2 Å². The fourth-order valence-electron chi connectivity index (χ4n) is 1.52. The van der Waals surface area contributed by atoms with Gasteiger partial charge in [0, 0.05) is 0 Å². The van der Waals surface area contributed by atoms with Gasteiger partial charge in [-0.05, 0) is 31.5 Å². The van der Waals surface area contributed by atoms with E-state index in [1.807, 2.05) is 38.1 Å². The van der Waals surface area contributed by atoms with Crippen LogP contribution in [0.3, 0.4) is 0 Å². The highest BCUT2D eigenvalue weighted by atomic mass is 19.1. The van der Waals surface area contributed by atoms with E-state index in [-0.39, 0.29) is 24.5 Å². The van der Waals surface area contributed by atoms with Crippen molar-refractivity contribution in [3.05, 3.63) is 41.8 Å². The summed E-state index contributed by atoms with van der Waals surface area (Å²) in [5, 5.41) is 0. The summed E-state index contributed by atoms with van der Waals surface area (Å²) in [6.07, 6.45) is 1.12. The van der Waals surface area contributed by atoms with Gasteiger partial charge >= 0.3 is 6.01 Å². The van der Waals surface area contributed by atoms with Crippen LogP contribution in [0.2, 0.25) is 0 Å². The summed E-state index contributed by atoms with van der Waals surface area (Å²) < 4.78 is 23.8. The highest BCUT2D eigenvalue weighted by molar-refractivity contribution is 5.30. The molecular formula is C14H16FN3O2. The summed E-state index contributed by atoms with van der Waals surface area (Å²) in [5.41, 5.74) is 6.26. The molecule has 1 aromatic carbocycles. The Bertz CT molecular complexity index is 573. The molecular weight excluding hydrogens is 261 g/mol. The minimum absolute atomic E-state index is 0.0476. The lowest BCUT2D eigenvalue weighted by atomic mass is 10.2. The standard InChI is InChI=1S/C14H16FN3O2/c1-9(2)20-11-5-3-10(4-6-11)8-19-14-17-7-12(15)13(16)18-14/h3-7,9H,8H2,1-2H3,(H2,16,17,18). The number of nitrogen functional groups attached to an aromatic ring is 1. The molecule has 0 aliphatic rings. The Kier molecular flexibility index (Phi) is 4.34. The minimum atomic E-state index is -0.660. The Morgan fingerprint density at radius 2 is 1.95 bits per heavy atom. The van der Waals surface area contributed by atoms with Crippen molar-refractivity contribution in [3.63, 3.8) is 0 Å². The van der Waals surface area contributed by atoms with E-state index in [0.29, 0.717) is 0 Å². The molecule has 0 atom stereocenters. The van der Waals surface area contributed by atoms with E-state index in [9.17, 15) is 4.39 Å². The average molecular weight is 277 g/mol. The van der Waals surface area contributed by atoms with Crippen LogP contribution in [-0.4, -0.2) is 16.1 Å². The highest BCUT2D eigenvalue weighted by Crippen LogP contribution is 2.15. The summed E-state index contributed by atoms with van der Waals surface area (Å²) >= 11 is 0. The molecule has 2 aromatic rings. The molecule has 0 fully saturated rings. The van der Waals surface area contributed by atoms with E-state index in [2.05, 4.69) is 9.97 Å². The maximum atomic E-state index is 12.9. The van der Waals surface area contributed by atoms with Gasteiger partial charge in [0.25, 0.3) is 0 Å². The van der Waals surface area contributed by atoms with Crippen LogP contribution in [0.15, 0.2) is 30.5 Å². The monoisotopic (exact) mass is 277 g/mol. The number of nitrogens with two attached hydrogens (primary N) is 1. The summed E-state index contributed by atoms with van der Waals surface area (Å²) in [5.74, 6) is -0.0887. The van der Waals surface area contributed by atoms with Gasteiger partial charge in [-0.1, -0.05) is 12.1 Å². The molecule has 0 saturated heterocycles. The van der Waals surface area contributed by atoms with Gasteiger partial charge in [0.1, 0.15) is 12.4 Å². The second kappa shape index (κ2) is 6.18. The van der Waals surface area contributed by atoms with E-state index in [1.54, 1.807) is 0 Å². The molecule has 1 aromatic heterocycles. The van der Waals surface area contributed by atoms with Crippen LogP contribution >= 0.6 is 0 Å². The van der Waals surface area contributed by atoms with Crippen LogP contribution in [0.1, 0.15) is 19.4 Å². The molecule has 20 heavy (non-hydrogen) atoms. The molecule has 0 unspecified atom stereocenters. The zero-order valence-corrected chi connectivity index (χ0v) is 11.3. The molecule has 0 aliphatic heterocycles. The van der Waals surface area contributed by atoms with Crippen molar-refractivity contribution in [2.45, 2.75) is 26.6 Å². The van der Waals surface area contributed by atoms with E-state index >= 15 is 0 Å². The maximum absolute atomic E-state index is 12.9. The second-order valence-electron chi connectivity index (χ2n) is 4.48. The molecule has 106 valence electrons. The lowest BCUT2D eigenvalue weighted by Gasteiger charge is -2.10. The molecule has 0 bridgehead atoms. The number of halogens is 1. The number of ether oxygens (including phenoxy) is 2. The SMILES string of the molecule is CC(C)Oc1ccc(COc2ncc(F)c(N)n2)cc1. The first-order valence-electron chi connectivity index (χ1n) is 6.21. The van der Waals surface area contributed by atoms with E-state index in [1.165, 1.54) is 0 Å². The van der Waals surface area contributed by atoms with Gasteiger partial charge in [-0.2, -0.15) is 4.98 Å². The molecule has 0 spiro atoms. The first kappa shape index (κ1) is 14.0. The molecule has 2 N–H and O–H groups in total. The number of hydrogen-bond donors (Lipinski definition) is 1. The third-order valence-electron chi connectivity index (χ3n) is 2.41. The van der Waals surface area contributed by atoms with Crippen molar-refractivity contribution in [1.29, 1.82) is 0 Å². The Labute approximate surface area is 116 Å². The quantitative estimate of drug-likeness (QED) is 0.909. The van der Waals surface area contributed by atoms with E-state index in [4.69, 9.17) is 15.2 Å². The predicted octanol–water partition coefficient (Wildman–Crippen LogP) is 2.56. The molecule has 0 amide bonds. The summed E-state index contributed by atoms with van der Waals surface area (Å²) in [6, 6.07) is 7.53. The second-order valence-corrected chi connectivity index (χ2v) is 4.48. The molecule has 2 rings (SSSR count). The summed E-state index contributed by atoms with van der Waals surface area (Å²) in [6.45, 7) is 4.20. The van der Waals surface area contributed by atoms with Crippen LogP contribution in [0, 0.1) is 5.82 Å².